The van der Waals surface area contributed by atoms with E-state index in [1.165, 1.54) is 11.3 Å². The molecule has 8 heteroatoms. The molecule has 2 atom stereocenters. The third-order valence-electron chi connectivity index (χ3n) is 5.88. The Bertz CT molecular complexity index is 1300. The summed E-state index contributed by atoms with van der Waals surface area (Å²) in [6.07, 6.45) is 3.49. The van der Waals surface area contributed by atoms with Crippen molar-refractivity contribution in [3.05, 3.63) is 59.2 Å². The Balaban J connectivity index is 1.54. The largest absolute Gasteiger partial charge is 0.488 e. The Kier molecular flexibility index (Phi) is 5.05. The third-order valence-corrected chi connectivity index (χ3v) is 6.77. The van der Waals surface area contributed by atoms with E-state index in [0.717, 1.165) is 5.56 Å². The topological polar surface area (TPSA) is 90.4 Å². The molecule has 168 valence electrons. The minimum atomic E-state index is -0.614. The second-order valence-electron chi connectivity index (χ2n) is 8.79. The van der Waals surface area contributed by atoms with E-state index in [1.54, 1.807) is 6.07 Å². The number of fused-ring (bicyclic) bond motifs is 3. The van der Waals surface area contributed by atoms with E-state index < -0.39 is 11.5 Å². The van der Waals surface area contributed by atoms with Gasteiger partial charge in [-0.25, -0.2) is 0 Å². The molecule has 0 fully saturated rings. The van der Waals surface area contributed by atoms with E-state index in [2.05, 4.69) is 15.5 Å². The van der Waals surface area contributed by atoms with Crippen LogP contribution in [0.15, 0.2) is 42.5 Å². The van der Waals surface area contributed by atoms with Crippen LogP contribution in [0.3, 0.4) is 0 Å². The number of rotatable bonds is 3. The monoisotopic (exact) mass is 461 g/mol. The van der Waals surface area contributed by atoms with Gasteiger partial charge in [0.2, 0.25) is 5.13 Å². The van der Waals surface area contributed by atoms with Crippen molar-refractivity contribution in [2.45, 2.75) is 39.4 Å². The molecule has 0 spiro atoms. The van der Waals surface area contributed by atoms with Crippen molar-refractivity contribution in [3.8, 4) is 22.1 Å². The maximum atomic E-state index is 13.4. The van der Waals surface area contributed by atoms with Gasteiger partial charge in [0.1, 0.15) is 28.2 Å². The van der Waals surface area contributed by atoms with E-state index in [0.29, 0.717) is 32.8 Å². The lowest BCUT2D eigenvalue weighted by atomic mass is 9.87. The highest BCUT2D eigenvalue weighted by Gasteiger charge is 2.38. The first-order valence-electron chi connectivity index (χ1n) is 10.7. The summed E-state index contributed by atoms with van der Waals surface area (Å²) >= 11 is 1.28. The molecular weight excluding hydrogens is 438 g/mol. The number of benzene rings is 2. The Hall–Kier alpha value is -3.52. The van der Waals surface area contributed by atoms with Crippen LogP contribution in [0.4, 0.5) is 5.13 Å². The van der Waals surface area contributed by atoms with Gasteiger partial charge in [0.05, 0.1) is 22.6 Å². The number of carbonyl (C=O) groups excluding carboxylic acids is 2. The van der Waals surface area contributed by atoms with Crippen LogP contribution in [0.2, 0.25) is 0 Å². The molecule has 7 nitrogen and oxygen atoms in total. The summed E-state index contributed by atoms with van der Waals surface area (Å²) in [6, 6.07) is 11.2. The van der Waals surface area contributed by atoms with Gasteiger partial charge in [-0.2, -0.15) is 0 Å². The van der Waals surface area contributed by atoms with Gasteiger partial charge >= 0.3 is 0 Å². The van der Waals surface area contributed by atoms with Crippen LogP contribution in [0.5, 0.6) is 11.5 Å². The van der Waals surface area contributed by atoms with Gasteiger partial charge in [0, 0.05) is 5.56 Å². The minimum Gasteiger partial charge on any atom is -0.488 e. The SMILES string of the molecule is CC1Oc2c(cc(C(=O)Nc3nnc(-c4ccccc4)s3)c3c2C=CC(C)(C)O3)C(=O)C1C. The molecule has 3 heterocycles. The van der Waals surface area contributed by atoms with Gasteiger partial charge < -0.3 is 9.47 Å². The first-order chi connectivity index (χ1) is 15.7. The van der Waals surface area contributed by atoms with Crippen LogP contribution in [0, 0.1) is 5.92 Å². The summed E-state index contributed by atoms with van der Waals surface area (Å²) in [5, 5.41) is 12.2. The fourth-order valence-corrected chi connectivity index (χ4v) is 4.62. The highest BCUT2D eigenvalue weighted by atomic mass is 32.1. The van der Waals surface area contributed by atoms with Crippen molar-refractivity contribution in [1.29, 1.82) is 0 Å². The molecule has 1 N–H and O–H groups in total. The Morgan fingerprint density at radius 1 is 1.12 bits per heavy atom. The second-order valence-corrected chi connectivity index (χ2v) is 9.77. The summed E-state index contributed by atoms with van der Waals surface area (Å²) in [5.41, 5.74) is 1.56. The Labute approximate surface area is 195 Å². The summed E-state index contributed by atoms with van der Waals surface area (Å²) in [5.74, 6) is 0.0661. The number of Topliss-reactive ketones (excluding diaryl/α,β-unsaturated/α-hetero) is 1. The average Bonchev–Trinajstić information content (AvgIpc) is 3.25. The van der Waals surface area contributed by atoms with Crippen LogP contribution >= 0.6 is 11.3 Å². The third kappa shape index (κ3) is 3.80. The van der Waals surface area contributed by atoms with Crippen LogP contribution in [-0.4, -0.2) is 33.6 Å². The first kappa shape index (κ1) is 21.3. The number of nitrogens with zero attached hydrogens (tertiary/aromatic N) is 2. The first-order valence-corrected chi connectivity index (χ1v) is 11.6. The molecule has 1 amide bonds. The maximum Gasteiger partial charge on any atom is 0.261 e. The molecule has 0 aliphatic carbocycles. The molecule has 2 aliphatic heterocycles. The highest BCUT2D eigenvalue weighted by molar-refractivity contribution is 7.18. The molecule has 2 aliphatic rings. The molecular formula is C25H23N3O4S. The molecule has 2 aromatic carbocycles. The number of hydrogen-bond donors (Lipinski definition) is 1. The van der Waals surface area contributed by atoms with Gasteiger partial charge in [-0.05, 0) is 39.0 Å². The summed E-state index contributed by atoms with van der Waals surface area (Å²) in [6.45, 7) is 7.51. The van der Waals surface area contributed by atoms with E-state index in [-0.39, 0.29) is 23.4 Å². The number of anilines is 1. The summed E-state index contributed by atoms with van der Waals surface area (Å²) in [7, 11) is 0. The smallest absolute Gasteiger partial charge is 0.261 e. The summed E-state index contributed by atoms with van der Waals surface area (Å²) < 4.78 is 12.3. The summed E-state index contributed by atoms with van der Waals surface area (Å²) in [4.78, 5) is 26.4. The van der Waals surface area contributed by atoms with Gasteiger partial charge in [0.25, 0.3) is 5.91 Å². The maximum absolute atomic E-state index is 13.4. The molecule has 0 radical (unpaired) electrons. The number of carbonyl (C=O) groups is 2. The van der Waals surface area contributed by atoms with Gasteiger partial charge in [-0.3, -0.25) is 14.9 Å². The number of hydrogen-bond acceptors (Lipinski definition) is 7. The fourth-order valence-electron chi connectivity index (χ4n) is 3.87. The molecule has 33 heavy (non-hydrogen) atoms. The number of ether oxygens (including phenoxy) is 2. The highest BCUT2D eigenvalue weighted by Crippen LogP contribution is 2.45. The van der Waals surface area contributed by atoms with E-state index in [1.807, 2.05) is 70.2 Å². The molecule has 0 bridgehead atoms. The van der Waals surface area contributed by atoms with Crippen molar-refractivity contribution in [2.24, 2.45) is 5.92 Å². The zero-order valence-electron chi connectivity index (χ0n) is 18.7. The quantitative estimate of drug-likeness (QED) is 0.574. The van der Waals surface area contributed by atoms with Crippen molar-refractivity contribution >= 4 is 34.2 Å². The van der Waals surface area contributed by atoms with E-state index in [9.17, 15) is 9.59 Å². The molecule has 3 aromatic rings. The predicted molar refractivity (Wildman–Crippen MR) is 127 cm³/mol. The standard InChI is InChI=1S/C25H23N3O4S/c1-13-14(2)31-20-16-10-11-25(3,4)32-21(16)18(12-17(20)19(13)29)22(30)26-24-28-27-23(33-24)15-8-6-5-7-9-15/h5-14H,1-4H3,(H,26,28,30). The predicted octanol–water partition coefficient (Wildman–Crippen LogP) is 5.24. The fraction of sp³-hybridized carbons (Fsp3) is 0.280. The van der Waals surface area contributed by atoms with Crippen LogP contribution in [-0.2, 0) is 0 Å². The number of ketones is 1. The van der Waals surface area contributed by atoms with Gasteiger partial charge in [0.15, 0.2) is 5.78 Å². The minimum absolute atomic E-state index is 0.0545. The molecule has 0 saturated carbocycles. The van der Waals surface area contributed by atoms with Gasteiger partial charge in [-0.15, -0.1) is 10.2 Å². The zero-order valence-corrected chi connectivity index (χ0v) is 19.5. The van der Waals surface area contributed by atoms with E-state index in [4.69, 9.17) is 9.47 Å². The van der Waals surface area contributed by atoms with E-state index >= 15 is 0 Å². The number of aromatic nitrogens is 2. The molecule has 5 rings (SSSR count). The van der Waals surface area contributed by atoms with Crippen molar-refractivity contribution in [2.75, 3.05) is 5.32 Å². The normalized spacial score (nSPS) is 20.3. The van der Waals surface area contributed by atoms with Crippen LogP contribution in [0.1, 0.15) is 54.0 Å². The lowest BCUT2D eigenvalue weighted by Crippen LogP contribution is -2.36. The van der Waals surface area contributed by atoms with Crippen LogP contribution < -0.4 is 14.8 Å². The van der Waals surface area contributed by atoms with Crippen LogP contribution in [0.25, 0.3) is 16.6 Å². The van der Waals surface area contributed by atoms with Gasteiger partial charge in [-0.1, -0.05) is 48.6 Å². The number of amides is 1. The second kappa shape index (κ2) is 7.81. The van der Waals surface area contributed by atoms with Crippen molar-refractivity contribution in [1.82, 2.24) is 10.2 Å². The lowest BCUT2D eigenvalue weighted by Gasteiger charge is -2.34. The Morgan fingerprint density at radius 3 is 2.64 bits per heavy atom. The molecule has 1 aromatic heterocycles. The lowest BCUT2D eigenvalue weighted by molar-refractivity contribution is 0.0726. The van der Waals surface area contributed by atoms with Crippen molar-refractivity contribution in [3.63, 3.8) is 0 Å². The molecule has 2 unspecified atom stereocenters. The average molecular weight is 462 g/mol. The zero-order chi connectivity index (χ0) is 23.3. The number of nitrogens with one attached hydrogen (secondary N) is 1. The van der Waals surface area contributed by atoms with Crippen molar-refractivity contribution < 1.29 is 19.1 Å². The Morgan fingerprint density at radius 2 is 1.88 bits per heavy atom. The molecule has 0 saturated heterocycles.